The molecule has 3 heteroatoms. The fraction of sp³-hybridized carbons (Fsp3) is 1.00. The second kappa shape index (κ2) is 3.18. The highest BCUT2D eigenvalue weighted by atomic mass is 127. The van der Waals surface area contributed by atoms with E-state index < -0.39 is 8.07 Å². The molecule has 0 aromatic carbocycles. The van der Waals surface area contributed by atoms with E-state index in [1.54, 1.807) is 12.1 Å². The summed E-state index contributed by atoms with van der Waals surface area (Å²) in [7, 11) is -0.517. The SMILES string of the molecule is IC[Si]1(CI)CCC1. The summed E-state index contributed by atoms with van der Waals surface area (Å²) < 4.78 is 3.02. The number of hydrogen-bond acceptors (Lipinski definition) is 0. The largest absolute Gasteiger partial charge is 0.0897 e. The van der Waals surface area contributed by atoms with Crippen LogP contribution in [0.15, 0.2) is 0 Å². The van der Waals surface area contributed by atoms with Crippen LogP contribution in [0.25, 0.3) is 0 Å². The molecule has 0 spiro atoms. The number of alkyl halides is 2. The maximum Gasteiger partial charge on any atom is 0.0739 e. The molecule has 0 bridgehead atoms. The molecule has 1 fully saturated rings. The highest BCUT2D eigenvalue weighted by molar-refractivity contribution is 14.1. The quantitative estimate of drug-likeness (QED) is 0.407. The van der Waals surface area contributed by atoms with Crippen LogP contribution in [-0.2, 0) is 0 Å². The van der Waals surface area contributed by atoms with Crippen molar-refractivity contribution >= 4 is 53.3 Å². The van der Waals surface area contributed by atoms with Crippen LogP contribution >= 0.6 is 45.2 Å². The first-order chi connectivity index (χ1) is 3.83. The van der Waals surface area contributed by atoms with E-state index in [4.69, 9.17) is 0 Å². The van der Waals surface area contributed by atoms with Gasteiger partial charge >= 0.3 is 0 Å². The highest BCUT2D eigenvalue weighted by Gasteiger charge is 2.36. The summed E-state index contributed by atoms with van der Waals surface area (Å²) in [6.07, 6.45) is 1.54. The topological polar surface area (TPSA) is 0 Å². The average Bonchev–Trinajstić information content (AvgIpc) is 1.67. The summed E-state index contributed by atoms with van der Waals surface area (Å²) >= 11 is 5.15. The van der Waals surface area contributed by atoms with Crippen molar-refractivity contribution in [3.8, 4) is 0 Å². The Hall–Kier alpha value is 1.68. The van der Waals surface area contributed by atoms with E-state index in [1.807, 2.05) is 0 Å². The molecule has 1 aliphatic rings. The number of hydrogen-bond donors (Lipinski definition) is 0. The van der Waals surface area contributed by atoms with Gasteiger partial charge in [0.15, 0.2) is 0 Å². The third-order valence-electron chi connectivity index (χ3n) is 1.98. The molecule has 0 radical (unpaired) electrons. The lowest BCUT2D eigenvalue weighted by atomic mass is 10.5. The van der Waals surface area contributed by atoms with Gasteiger partial charge in [-0.2, -0.15) is 0 Å². The van der Waals surface area contributed by atoms with Crippen molar-refractivity contribution in [3.05, 3.63) is 0 Å². The van der Waals surface area contributed by atoms with Gasteiger partial charge < -0.3 is 0 Å². The normalized spacial score (nSPS) is 24.8. The molecule has 0 aliphatic carbocycles. The van der Waals surface area contributed by atoms with Gasteiger partial charge in [0.1, 0.15) is 0 Å². The van der Waals surface area contributed by atoms with Crippen molar-refractivity contribution in [2.24, 2.45) is 0 Å². The molecule has 0 unspecified atom stereocenters. The van der Waals surface area contributed by atoms with Gasteiger partial charge in [-0.3, -0.25) is 0 Å². The first-order valence-electron chi connectivity index (χ1n) is 2.95. The maximum atomic E-state index is 2.57. The lowest BCUT2D eigenvalue weighted by Gasteiger charge is -2.36. The molecule has 0 aromatic rings. The number of halogens is 2. The Morgan fingerprint density at radius 1 is 1.12 bits per heavy atom. The van der Waals surface area contributed by atoms with E-state index in [9.17, 15) is 0 Å². The molecule has 0 aromatic heterocycles. The molecule has 0 amide bonds. The Balaban J connectivity index is 2.33. The van der Waals surface area contributed by atoms with E-state index in [1.165, 1.54) is 14.5 Å². The zero-order valence-electron chi connectivity index (χ0n) is 4.79. The van der Waals surface area contributed by atoms with Gasteiger partial charge in [0.2, 0.25) is 0 Å². The Bertz CT molecular complexity index is 67.0. The van der Waals surface area contributed by atoms with Crippen molar-refractivity contribution < 1.29 is 0 Å². The lowest BCUT2D eigenvalue weighted by molar-refractivity contribution is 0.906. The zero-order chi connectivity index (χ0) is 6.04. The summed E-state index contributed by atoms with van der Waals surface area (Å²) in [4.78, 5) is 0. The maximum absolute atomic E-state index is 2.57. The summed E-state index contributed by atoms with van der Waals surface area (Å²) in [5, 5.41) is 0. The highest BCUT2D eigenvalue weighted by Crippen LogP contribution is 2.34. The van der Waals surface area contributed by atoms with Crippen molar-refractivity contribution in [1.29, 1.82) is 0 Å². The van der Waals surface area contributed by atoms with Crippen LogP contribution in [-0.4, -0.2) is 16.2 Å². The molecule has 1 saturated heterocycles. The van der Waals surface area contributed by atoms with Gasteiger partial charge in [-0.1, -0.05) is 63.7 Å². The molecule has 1 aliphatic heterocycles. The third kappa shape index (κ3) is 1.39. The zero-order valence-corrected chi connectivity index (χ0v) is 10.1. The number of rotatable bonds is 2. The second-order valence-corrected chi connectivity index (χ2v) is 11.7. The Kier molecular flexibility index (Phi) is 3.09. The fourth-order valence-electron chi connectivity index (χ4n) is 0.980. The molecular weight excluding hydrogens is 342 g/mol. The van der Waals surface area contributed by atoms with Crippen molar-refractivity contribution in [1.82, 2.24) is 0 Å². The second-order valence-electron chi connectivity index (χ2n) is 2.62. The lowest BCUT2D eigenvalue weighted by Crippen LogP contribution is -2.45. The molecule has 1 rings (SSSR count). The predicted molar refractivity (Wildman–Crippen MR) is 57.8 cm³/mol. The Morgan fingerprint density at radius 3 is 1.62 bits per heavy atom. The van der Waals surface area contributed by atoms with Crippen molar-refractivity contribution in [2.75, 3.05) is 8.10 Å². The van der Waals surface area contributed by atoms with E-state index in [0.29, 0.717) is 0 Å². The summed E-state index contributed by atoms with van der Waals surface area (Å²) in [6.45, 7) is 0. The van der Waals surface area contributed by atoms with Crippen LogP contribution in [0.1, 0.15) is 6.42 Å². The first kappa shape index (κ1) is 7.78. The van der Waals surface area contributed by atoms with Crippen LogP contribution in [0, 0.1) is 0 Å². The molecule has 0 atom stereocenters. The van der Waals surface area contributed by atoms with Crippen molar-refractivity contribution in [2.45, 2.75) is 18.5 Å². The van der Waals surface area contributed by atoms with Crippen LogP contribution < -0.4 is 0 Å². The molecular formula is C5H10I2Si. The minimum absolute atomic E-state index is 0.517. The molecule has 1 heterocycles. The molecule has 48 valence electrons. The monoisotopic (exact) mass is 352 g/mol. The first-order valence-corrected chi connectivity index (χ1v) is 8.83. The van der Waals surface area contributed by atoms with Gasteiger partial charge in [-0.15, -0.1) is 0 Å². The molecule has 8 heavy (non-hydrogen) atoms. The van der Waals surface area contributed by atoms with E-state index >= 15 is 0 Å². The standard InChI is InChI=1S/C5H10I2Si/c6-4-8(5-7)2-1-3-8/h1-5H2. The molecule has 0 N–H and O–H groups in total. The minimum atomic E-state index is -0.517. The van der Waals surface area contributed by atoms with Gasteiger partial charge in [0, 0.05) is 0 Å². The summed E-state index contributed by atoms with van der Waals surface area (Å²) in [6, 6.07) is 3.25. The summed E-state index contributed by atoms with van der Waals surface area (Å²) in [5.41, 5.74) is 0. The third-order valence-corrected chi connectivity index (χ3v) is 15.7. The van der Waals surface area contributed by atoms with Gasteiger partial charge in [-0.05, 0) is 8.10 Å². The Labute approximate surface area is 79.1 Å². The van der Waals surface area contributed by atoms with Crippen LogP contribution in [0.5, 0.6) is 0 Å². The summed E-state index contributed by atoms with van der Waals surface area (Å²) in [5.74, 6) is 0. The molecule has 0 nitrogen and oxygen atoms in total. The van der Waals surface area contributed by atoms with Crippen LogP contribution in [0.3, 0.4) is 0 Å². The van der Waals surface area contributed by atoms with Crippen LogP contribution in [0.4, 0.5) is 0 Å². The van der Waals surface area contributed by atoms with Crippen LogP contribution in [0.2, 0.25) is 12.1 Å². The van der Waals surface area contributed by atoms with E-state index in [-0.39, 0.29) is 0 Å². The molecule has 0 saturated carbocycles. The van der Waals surface area contributed by atoms with Gasteiger partial charge in [0.25, 0.3) is 0 Å². The average molecular weight is 352 g/mol. The van der Waals surface area contributed by atoms with Gasteiger partial charge in [0.05, 0.1) is 8.07 Å². The fourth-order valence-corrected chi connectivity index (χ4v) is 12.2. The van der Waals surface area contributed by atoms with E-state index in [2.05, 4.69) is 45.2 Å². The minimum Gasteiger partial charge on any atom is -0.0897 e. The van der Waals surface area contributed by atoms with Gasteiger partial charge in [-0.25, -0.2) is 0 Å². The predicted octanol–water partition coefficient (Wildman–Crippen LogP) is 2.79. The van der Waals surface area contributed by atoms with Crippen molar-refractivity contribution in [3.63, 3.8) is 0 Å². The smallest absolute Gasteiger partial charge is 0.0739 e. The Morgan fingerprint density at radius 2 is 1.62 bits per heavy atom. The van der Waals surface area contributed by atoms with E-state index in [0.717, 1.165) is 0 Å².